The monoisotopic (exact) mass is 346 g/mol. The molecule has 1 amide bonds. The molecule has 1 atom stereocenters. The summed E-state index contributed by atoms with van der Waals surface area (Å²) in [6.45, 7) is 4.61. The van der Waals surface area contributed by atoms with Crippen molar-refractivity contribution < 1.29 is 14.3 Å². The van der Waals surface area contributed by atoms with Crippen LogP contribution in [-0.2, 0) is 9.47 Å². The van der Waals surface area contributed by atoms with E-state index in [0.717, 1.165) is 39.0 Å². The summed E-state index contributed by atoms with van der Waals surface area (Å²) in [7, 11) is 3.84. The number of hydrogen-bond acceptors (Lipinski definition) is 4. The summed E-state index contributed by atoms with van der Waals surface area (Å²) in [4.78, 5) is 16.5. The molecule has 0 aliphatic carbocycles. The molecule has 25 heavy (non-hydrogen) atoms. The Hall–Kier alpha value is -1.59. The second-order valence-corrected chi connectivity index (χ2v) is 7.60. The lowest BCUT2D eigenvalue weighted by Gasteiger charge is -2.49. The summed E-state index contributed by atoms with van der Waals surface area (Å²) in [5, 5.41) is 0. The first-order valence-corrected chi connectivity index (χ1v) is 9.26. The maximum Gasteiger partial charge on any atom is 0.409 e. The standard InChI is InChI=1S/C20H30N2O3/c1-21-15-18(17-6-4-3-5-7-17)14-20(16-21)8-10-22(11-9-20)19(23)25-13-12-24-2/h3-7,18H,8-16H2,1-2H3. The summed E-state index contributed by atoms with van der Waals surface area (Å²) in [6, 6.07) is 10.9. The average molecular weight is 346 g/mol. The molecule has 2 saturated heterocycles. The molecule has 2 aliphatic heterocycles. The van der Waals surface area contributed by atoms with Crippen LogP contribution in [0.2, 0.25) is 0 Å². The van der Waals surface area contributed by atoms with E-state index in [1.807, 2.05) is 4.90 Å². The van der Waals surface area contributed by atoms with Gasteiger partial charge in [0.25, 0.3) is 0 Å². The van der Waals surface area contributed by atoms with Gasteiger partial charge in [-0.15, -0.1) is 0 Å². The molecule has 0 saturated carbocycles. The predicted molar refractivity (Wildman–Crippen MR) is 97.8 cm³/mol. The second kappa shape index (κ2) is 8.19. The van der Waals surface area contributed by atoms with E-state index >= 15 is 0 Å². The Morgan fingerprint density at radius 1 is 1.20 bits per heavy atom. The van der Waals surface area contributed by atoms with Gasteiger partial charge in [-0.25, -0.2) is 4.79 Å². The molecule has 1 aromatic carbocycles. The summed E-state index contributed by atoms with van der Waals surface area (Å²) in [6.07, 6.45) is 3.13. The minimum absolute atomic E-state index is 0.198. The van der Waals surface area contributed by atoms with Crippen LogP contribution in [-0.4, -0.2) is 69.4 Å². The Balaban J connectivity index is 1.58. The number of ether oxygens (including phenoxy) is 2. The third-order valence-electron chi connectivity index (χ3n) is 5.68. The quantitative estimate of drug-likeness (QED) is 0.786. The Kier molecular flexibility index (Phi) is 5.97. The molecular weight excluding hydrogens is 316 g/mol. The van der Waals surface area contributed by atoms with Gasteiger partial charge in [0.1, 0.15) is 6.61 Å². The predicted octanol–water partition coefficient (Wildman–Crippen LogP) is 2.97. The normalized spacial score (nSPS) is 23.6. The highest BCUT2D eigenvalue weighted by atomic mass is 16.6. The van der Waals surface area contributed by atoms with E-state index in [4.69, 9.17) is 9.47 Å². The number of hydrogen-bond donors (Lipinski definition) is 0. The number of amides is 1. The van der Waals surface area contributed by atoms with Crippen LogP contribution in [0.15, 0.2) is 30.3 Å². The molecule has 5 heteroatoms. The Morgan fingerprint density at radius 3 is 2.60 bits per heavy atom. The molecule has 0 N–H and O–H groups in total. The van der Waals surface area contributed by atoms with Crippen LogP contribution in [0.25, 0.3) is 0 Å². The molecule has 2 fully saturated rings. The molecule has 138 valence electrons. The average Bonchev–Trinajstić information content (AvgIpc) is 2.62. The summed E-state index contributed by atoms with van der Waals surface area (Å²) < 4.78 is 10.2. The van der Waals surface area contributed by atoms with Crippen molar-refractivity contribution in [2.75, 3.05) is 53.6 Å². The maximum absolute atomic E-state index is 12.1. The van der Waals surface area contributed by atoms with Crippen molar-refractivity contribution in [1.29, 1.82) is 0 Å². The van der Waals surface area contributed by atoms with Crippen molar-refractivity contribution in [2.45, 2.75) is 25.2 Å². The van der Waals surface area contributed by atoms with Gasteiger partial charge < -0.3 is 19.3 Å². The fourth-order valence-corrected chi connectivity index (χ4v) is 4.44. The molecule has 2 heterocycles. The minimum Gasteiger partial charge on any atom is -0.447 e. The molecular formula is C20H30N2O3. The van der Waals surface area contributed by atoms with Crippen LogP contribution in [0, 0.1) is 5.41 Å². The van der Waals surface area contributed by atoms with Gasteiger partial charge in [-0.2, -0.15) is 0 Å². The first kappa shape index (κ1) is 18.2. The maximum atomic E-state index is 12.1. The number of methoxy groups -OCH3 is 1. The van der Waals surface area contributed by atoms with Gasteiger partial charge >= 0.3 is 6.09 Å². The lowest BCUT2D eigenvalue weighted by atomic mass is 9.68. The highest BCUT2D eigenvalue weighted by molar-refractivity contribution is 5.67. The first-order chi connectivity index (χ1) is 12.1. The van der Waals surface area contributed by atoms with Gasteiger partial charge in [0.2, 0.25) is 0 Å². The van der Waals surface area contributed by atoms with Crippen molar-refractivity contribution in [3.63, 3.8) is 0 Å². The minimum atomic E-state index is -0.198. The van der Waals surface area contributed by atoms with Crippen molar-refractivity contribution >= 4 is 6.09 Å². The van der Waals surface area contributed by atoms with Crippen LogP contribution >= 0.6 is 0 Å². The highest BCUT2D eigenvalue weighted by Crippen LogP contribution is 2.44. The van der Waals surface area contributed by atoms with Crippen LogP contribution in [0.1, 0.15) is 30.7 Å². The molecule has 0 radical (unpaired) electrons. The number of rotatable bonds is 4. The number of benzene rings is 1. The molecule has 2 aliphatic rings. The summed E-state index contributed by atoms with van der Waals surface area (Å²) in [5.74, 6) is 0.583. The molecule has 5 nitrogen and oxygen atoms in total. The van der Waals surface area contributed by atoms with Crippen LogP contribution in [0.4, 0.5) is 4.79 Å². The van der Waals surface area contributed by atoms with E-state index in [0.29, 0.717) is 24.5 Å². The number of likely N-dealkylation sites (tertiary alicyclic amines) is 2. The summed E-state index contributed by atoms with van der Waals surface area (Å²) in [5.41, 5.74) is 1.76. The van der Waals surface area contributed by atoms with Crippen molar-refractivity contribution in [2.24, 2.45) is 5.41 Å². The number of nitrogens with zero attached hydrogens (tertiary/aromatic N) is 2. The van der Waals surface area contributed by atoms with Crippen LogP contribution < -0.4 is 0 Å². The number of carbonyl (C=O) groups excluding carboxylic acids is 1. The zero-order valence-corrected chi connectivity index (χ0v) is 15.4. The second-order valence-electron chi connectivity index (χ2n) is 7.60. The van der Waals surface area contributed by atoms with E-state index < -0.39 is 0 Å². The fourth-order valence-electron chi connectivity index (χ4n) is 4.44. The van der Waals surface area contributed by atoms with Crippen molar-refractivity contribution in [3.8, 4) is 0 Å². The van der Waals surface area contributed by atoms with Gasteiger partial charge in [0.15, 0.2) is 0 Å². The van der Waals surface area contributed by atoms with Gasteiger partial charge in [0, 0.05) is 33.3 Å². The van der Waals surface area contributed by atoms with E-state index in [-0.39, 0.29) is 6.09 Å². The van der Waals surface area contributed by atoms with E-state index in [1.54, 1.807) is 7.11 Å². The topological polar surface area (TPSA) is 42.0 Å². The number of piperidine rings is 2. The largest absolute Gasteiger partial charge is 0.447 e. The molecule has 1 aromatic rings. The fraction of sp³-hybridized carbons (Fsp3) is 0.650. The zero-order chi connectivity index (χ0) is 17.7. The molecule has 0 bridgehead atoms. The molecule has 1 unspecified atom stereocenters. The van der Waals surface area contributed by atoms with Crippen molar-refractivity contribution in [1.82, 2.24) is 9.80 Å². The Labute approximate surface area is 150 Å². The van der Waals surface area contributed by atoms with Crippen LogP contribution in [0.5, 0.6) is 0 Å². The van der Waals surface area contributed by atoms with Crippen LogP contribution in [0.3, 0.4) is 0 Å². The summed E-state index contributed by atoms with van der Waals surface area (Å²) >= 11 is 0. The zero-order valence-electron chi connectivity index (χ0n) is 15.4. The van der Waals surface area contributed by atoms with E-state index in [9.17, 15) is 4.79 Å². The number of carbonyl (C=O) groups is 1. The third-order valence-corrected chi connectivity index (χ3v) is 5.68. The third kappa shape index (κ3) is 4.53. The van der Waals surface area contributed by atoms with E-state index in [2.05, 4.69) is 42.3 Å². The lowest BCUT2D eigenvalue weighted by Crippen LogP contribution is -2.51. The SMILES string of the molecule is COCCOC(=O)N1CCC2(CC1)CC(c1ccccc1)CN(C)C2. The highest BCUT2D eigenvalue weighted by Gasteiger charge is 2.42. The van der Waals surface area contributed by atoms with Gasteiger partial charge in [0.05, 0.1) is 6.61 Å². The lowest BCUT2D eigenvalue weighted by molar-refractivity contribution is 0.0149. The number of likely N-dealkylation sites (N-methyl/N-ethyl adjacent to an activating group) is 1. The van der Waals surface area contributed by atoms with Gasteiger partial charge in [-0.1, -0.05) is 30.3 Å². The molecule has 0 aromatic heterocycles. The first-order valence-electron chi connectivity index (χ1n) is 9.26. The van der Waals surface area contributed by atoms with Crippen molar-refractivity contribution in [3.05, 3.63) is 35.9 Å². The van der Waals surface area contributed by atoms with Gasteiger partial charge in [-0.05, 0) is 43.2 Å². The Bertz CT molecular complexity index is 555. The van der Waals surface area contributed by atoms with Gasteiger partial charge in [-0.3, -0.25) is 0 Å². The molecule has 1 spiro atoms. The smallest absolute Gasteiger partial charge is 0.409 e. The van der Waals surface area contributed by atoms with E-state index in [1.165, 1.54) is 12.0 Å². The molecule has 3 rings (SSSR count). The Morgan fingerprint density at radius 2 is 1.92 bits per heavy atom.